The van der Waals surface area contributed by atoms with E-state index in [0.29, 0.717) is 5.92 Å². The molecule has 0 spiro atoms. The summed E-state index contributed by atoms with van der Waals surface area (Å²) in [4.78, 5) is 0. The van der Waals surface area contributed by atoms with Crippen molar-refractivity contribution < 1.29 is 5.11 Å². The number of benzene rings is 1. The molecule has 1 aliphatic rings. The zero-order chi connectivity index (χ0) is 11.1. The Hall–Kier alpha value is -0.820. The molecule has 0 fully saturated rings. The van der Waals surface area contributed by atoms with E-state index in [4.69, 9.17) is 0 Å². The molecule has 0 amide bonds. The first kappa shape index (κ1) is 10.7. The van der Waals surface area contributed by atoms with Crippen LogP contribution in [-0.4, -0.2) is 5.11 Å². The summed E-state index contributed by atoms with van der Waals surface area (Å²) in [5.41, 5.74) is 2.72. The van der Waals surface area contributed by atoms with Crippen molar-refractivity contribution in [2.24, 2.45) is 5.92 Å². The molecular formula is C14H20O. The van der Waals surface area contributed by atoms with Crippen LogP contribution < -0.4 is 0 Å². The highest BCUT2D eigenvalue weighted by molar-refractivity contribution is 5.38. The SMILES string of the molecule is CC(C)[C@@]1(C)CC[C@@H](O)c2ccccc21. The number of aliphatic hydroxyl groups excluding tert-OH is 1. The second-order valence-electron chi connectivity index (χ2n) is 5.21. The molecule has 15 heavy (non-hydrogen) atoms. The highest BCUT2D eigenvalue weighted by atomic mass is 16.3. The van der Waals surface area contributed by atoms with Gasteiger partial charge in [-0.2, -0.15) is 0 Å². The second-order valence-corrected chi connectivity index (χ2v) is 5.21. The lowest BCUT2D eigenvalue weighted by atomic mass is 9.64. The van der Waals surface area contributed by atoms with Gasteiger partial charge in [0.2, 0.25) is 0 Å². The number of hydrogen-bond acceptors (Lipinski definition) is 1. The Morgan fingerprint density at radius 1 is 1.33 bits per heavy atom. The largest absolute Gasteiger partial charge is 0.388 e. The van der Waals surface area contributed by atoms with E-state index in [9.17, 15) is 5.11 Å². The molecule has 0 heterocycles. The minimum atomic E-state index is -0.256. The fourth-order valence-corrected chi connectivity index (χ4v) is 2.63. The van der Waals surface area contributed by atoms with E-state index in [2.05, 4.69) is 39.0 Å². The van der Waals surface area contributed by atoms with Crippen molar-refractivity contribution >= 4 is 0 Å². The van der Waals surface area contributed by atoms with Crippen molar-refractivity contribution in [1.29, 1.82) is 0 Å². The van der Waals surface area contributed by atoms with E-state index in [-0.39, 0.29) is 11.5 Å². The summed E-state index contributed by atoms with van der Waals surface area (Å²) in [6.45, 7) is 6.87. The van der Waals surface area contributed by atoms with E-state index >= 15 is 0 Å². The van der Waals surface area contributed by atoms with Crippen molar-refractivity contribution in [2.75, 3.05) is 0 Å². The maximum atomic E-state index is 9.98. The highest BCUT2D eigenvalue weighted by Gasteiger charge is 2.37. The summed E-state index contributed by atoms with van der Waals surface area (Å²) >= 11 is 0. The summed E-state index contributed by atoms with van der Waals surface area (Å²) in [6.07, 6.45) is 1.72. The van der Waals surface area contributed by atoms with Gasteiger partial charge in [0.15, 0.2) is 0 Å². The highest BCUT2D eigenvalue weighted by Crippen LogP contribution is 2.45. The minimum absolute atomic E-state index is 0.232. The molecule has 2 atom stereocenters. The van der Waals surface area contributed by atoms with Crippen molar-refractivity contribution in [2.45, 2.75) is 45.1 Å². The first-order valence-electron chi connectivity index (χ1n) is 5.83. The number of fused-ring (bicyclic) bond motifs is 1. The first-order valence-corrected chi connectivity index (χ1v) is 5.83. The number of rotatable bonds is 1. The first-order chi connectivity index (χ1) is 7.05. The van der Waals surface area contributed by atoms with Crippen LogP contribution >= 0.6 is 0 Å². The molecule has 0 bridgehead atoms. The molecule has 1 aromatic carbocycles. The molecule has 0 saturated heterocycles. The normalized spacial score (nSPS) is 30.3. The van der Waals surface area contributed by atoms with E-state index < -0.39 is 0 Å². The van der Waals surface area contributed by atoms with Crippen molar-refractivity contribution in [1.82, 2.24) is 0 Å². The molecule has 1 aromatic rings. The van der Waals surface area contributed by atoms with Crippen LogP contribution in [0.15, 0.2) is 24.3 Å². The standard InChI is InChI=1S/C14H20O/c1-10(2)14(3)9-8-13(15)11-6-4-5-7-12(11)14/h4-7,10,13,15H,8-9H2,1-3H3/t13-,14-/m1/s1. The van der Waals surface area contributed by atoms with Gasteiger partial charge in [0.1, 0.15) is 0 Å². The molecule has 0 aromatic heterocycles. The van der Waals surface area contributed by atoms with E-state index in [1.165, 1.54) is 5.56 Å². The van der Waals surface area contributed by atoms with Gasteiger partial charge in [0.25, 0.3) is 0 Å². The van der Waals surface area contributed by atoms with Crippen molar-refractivity contribution in [3.63, 3.8) is 0 Å². The smallest absolute Gasteiger partial charge is 0.0793 e. The maximum absolute atomic E-state index is 9.98. The van der Waals surface area contributed by atoms with Crippen LogP contribution in [0.3, 0.4) is 0 Å². The van der Waals surface area contributed by atoms with Crippen molar-refractivity contribution in [3.05, 3.63) is 35.4 Å². The molecule has 0 unspecified atom stereocenters. The molecule has 0 saturated carbocycles. The fraction of sp³-hybridized carbons (Fsp3) is 0.571. The average Bonchev–Trinajstić information content (AvgIpc) is 2.24. The zero-order valence-electron chi connectivity index (χ0n) is 9.83. The van der Waals surface area contributed by atoms with Gasteiger partial charge in [-0.15, -0.1) is 0 Å². The second kappa shape index (κ2) is 3.64. The summed E-state index contributed by atoms with van der Waals surface area (Å²) in [5.74, 6) is 0.617. The Morgan fingerprint density at radius 2 is 2.00 bits per heavy atom. The third kappa shape index (κ3) is 1.59. The van der Waals surface area contributed by atoms with Crippen LogP contribution in [0, 0.1) is 5.92 Å². The third-order valence-electron chi connectivity index (χ3n) is 4.15. The molecule has 1 aliphatic carbocycles. The fourth-order valence-electron chi connectivity index (χ4n) is 2.63. The Bertz CT molecular complexity index is 356. The Balaban J connectivity index is 2.53. The average molecular weight is 204 g/mol. The maximum Gasteiger partial charge on any atom is 0.0793 e. The van der Waals surface area contributed by atoms with Gasteiger partial charge in [0.05, 0.1) is 6.10 Å². The van der Waals surface area contributed by atoms with Crippen LogP contribution in [0.5, 0.6) is 0 Å². The Morgan fingerprint density at radius 3 is 2.67 bits per heavy atom. The topological polar surface area (TPSA) is 20.2 Å². The Kier molecular flexibility index (Phi) is 2.59. The van der Waals surface area contributed by atoms with Crippen molar-refractivity contribution in [3.8, 4) is 0 Å². The third-order valence-corrected chi connectivity index (χ3v) is 4.15. The summed E-state index contributed by atoms with van der Waals surface area (Å²) in [6, 6.07) is 8.35. The summed E-state index contributed by atoms with van der Waals surface area (Å²) in [5, 5.41) is 9.98. The zero-order valence-corrected chi connectivity index (χ0v) is 9.83. The molecule has 1 heteroatoms. The molecule has 82 valence electrons. The van der Waals surface area contributed by atoms with Crippen LogP contribution in [0.4, 0.5) is 0 Å². The molecule has 0 radical (unpaired) electrons. The predicted molar refractivity (Wildman–Crippen MR) is 62.8 cm³/mol. The van der Waals surface area contributed by atoms with E-state index in [0.717, 1.165) is 18.4 Å². The van der Waals surface area contributed by atoms with Crippen LogP contribution in [0.25, 0.3) is 0 Å². The van der Waals surface area contributed by atoms with E-state index in [1.54, 1.807) is 0 Å². The number of aliphatic hydroxyl groups is 1. The van der Waals surface area contributed by atoms with Gasteiger partial charge < -0.3 is 5.11 Å². The van der Waals surface area contributed by atoms with Gasteiger partial charge in [-0.05, 0) is 35.3 Å². The van der Waals surface area contributed by atoms with Gasteiger partial charge >= 0.3 is 0 Å². The lowest BCUT2D eigenvalue weighted by Crippen LogP contribution is -2.34. The number of hydrogen-bond donors (Lipinski definition) is 1. The van der Waals surface area contributed by atoms with Crippen LogP contribution in [0.2, 0.25) is 0 Å². The quantitative estimate of drug-likeness (QED) is 0.743. The Labute approximate surface area is 92.1 Å². The minimum Gasteiger partial charge on any atom is -0.388 e. The van der Waals surface area contributed by atoms with Crippen LogP contribution in [-0.2, 0) is 5.41 Å². The molecule has 0 aliphatic heterocycles. The van der Waals surface area contributed by atoms with Gasteiger partial charge in [0, 0.05) is 0 Å². The molecule has 1 nitrogen and oxygen atoms in total. The van der Waals surface area contributed by atoms with Gasteiger partial charge in [-0.3, -0.25) is 0 Å². The lowest BCUT2D eigenvalue weighted by molar-refractivity contribution is 0.124. The monoisotopic (exact) mass is 204 g/mol. The predicted octanol–water partition coefficient (Wildman–Crippen LogP) is 3.43. The molecule has 1 N–H and O–H groups in total. The molecule has 2 rings (SSSR count). The van der Waals surface area contributed by atoms with Gasteiger partial charge in [-0.25, -0.2) is 0 Å². The molecular weight excluding hydrogens is 184 g/mol. The lowest BCUT2D eigenvalue weighted by Gasteiger charge is -2.41. The summed E-state index contributed by atoms with van der Waals surface area (Å²) < 4.78 is 0. The summed E-state index contributed by atoms with van der Waals surface area (Å²) in [7, 11) is 0. The van der Waals surface area contributed by atoms with Crippen LogP contribution in [0.1, 0.15) is 50.8 Å². The van der Waals surface area contributed by atoms with Gasteiger partial charge in [-0.1, -0.05) is 45.0 Å². The van der Waals surface area contributed by atoms with E-state index in [1.807, 2.05) is 6.07 Å².